The molecule has 2 aliphatic rings. The molecule has 110 valence electrons. The van der Waals surface area contributed by atoms with Gasteiger partial charge >= 0.3 is 0 Å². The van der Waals surface area contributed by atoms with Crippen molar-refractivity contribution in [1.82, 2.24) is 14.5 Å². The second-order valence-corrected chi connectivity index (χ2v) is 8.18. The fraction of sp³-hybridized carbons (Fsp3) is 0.917. The Morgan fingerprint density at radius 1 is 1.37 bits per heavy atom. The van der Waals surface area contributed by atoms with E-state index < -0.39 is 15.3 Å². The molecule has 2 fully saturated rings. The van der Waals surface area contributed by atoms with Gasteiger partial charge in [-0.1, -0.05) is 0 Å². The predicted molar refractivity (Wildman–Crippen MR) is 73.2 cm³/mol. The Hall–Kier alpha value is -0.660. The quantitative estimate of drug-likeness (QED) is 0.759. The maximum absolute atomic E-state index is 12.5. The zero-order valence-corrected chi connectivity index (χ0v) is 12.7. The van der Waals surface area contributed by atoms with Crippen molar-refractivity contribution in [1.29, 1.82) is 0 Å². The lowest BCUT2D eigenvalue weighted by atomic mass is 9.87. The van der Waals surface area contributed by atoms with E-state index in [2.05, 4.69) is 5.32 Å². The van der Waals surface area contributed by atoms with Crippen LogP contribution in [-0.2, 0) is 14.8 Å². The Bertz CT molecular complexity index is 455. The third-order valence-electron chi connectivity index (χ3n) is 4.33. The van der Waals surface area contributed by atoms with Gasteiger partial charge in [0.25, 0.3) is 0 Å². The zero-order chi connectivity index (χ0) is 14.3. The Balaban J connectivity index is 2.11. The molecule has 0 aliphatic carbocycles. The van der Waals surface area contributed by atoms with E-state index in [-0.39, 0.29) is 11.3 Å². The molecule has 7 heteroatoms. The minimum absolute atomic E-state index is 0.0912. The van der Waals surface area contributed by atoms with Crippen molar-refractivity contribution in [3.63, 3.8) is 0 Å². The summed E-state index contributed by atoms with van der Waals surface area (Å²) in [5.74, 6) is -0.356. The van der Waals surface area contributed by atoms with E-state index in [0.717, 1.165) is 25.9 Å². The number of rotatable bonds is 3. The molecule has 6 nitrogen and oxygen atoms in total. The Kier molecular flexibility index (Phi) is 3.90. The molecule has 1 spiro atoms. The minimum Gasteiger partial charge on any atom is -0.348 e. The molecule has 0 radical (unpaired) electrons. The molecule has 0 aromatic carbocycles. The summed E-state index contributed by atoms with van der Waals surface area (Å²) in [7, 11) is -0.364. The van der Waals surface area contributed by atoms with Gasteiger partial charge in [-0.25, -0.2) is 12.7 Å². The van der Waals surface area contributed by atoms with Crippen LogP contribution in [0.1, 0.15) is 19.8 Å². The first-order valence-electron chi connectivity index (χ1n) is 6.69. The molecule has 0 saturated carbocycles. The molecule has 0 aromatic heterocycles. The average Bonchev–Trinajstić information content (AvgIpc) is 2.98. The number of amides is 1. The highest BCUT2D eigenvalue weighted by molar-refractivity contribution is 7.90. The van der Waals surface area contributed by atoms with Crippen molar-refractivity contribution in [2.24, 2.45) is 5.41 Å². The van der Waals surface area contributed by atoms with E-state index in [9.17, 15) is 13.2 Å². The Morgan fingerprint density at radius 3 is 2.58 bits per heavy atom. The van der Waals surface area contributed by atoms with Crippen molar-refractivity contribution in [3.8, 4) is 0 Å². The number of hydrogen-bond donors (Lipinski definition) is 1. The summed E-state index contributed by atoms with van der Waals surface area (Å²) in [6, 6.07) is 0. The van der Waals surface area contributed by atoms with Crippen molar-refractivity contribution < 1.29 is 13.2 Å². The number of carbonyl (C=O) groups is 1. The van der Waals surface area contributed by atoms with E-state index in [0.29, 0.717) is 13.1 Å². The summed E-state index contributed by atoms with van der Waals surface area (Å²) in [4.78, 5) is 13.2. The number of hydrogen-bond acceptors (Lipinski definition) is 4. The van der Waals surface area contributed by atoms with E-state index >= 15 is 0 Å². The van der Waals surface area contributed by atoms with Gasteiger partial charge in [0, 0.05) is 33.7 Å². The van der Waals surface area contributed by atoms with Gasteiger partial charge in [0.05, 0.1) is 0 Å². The van der Waals surface area contributed by atoms with Crippen molar-refractivity contribution >= 4 is 15.9 Å². The first-order valence-corrected chi connectivity index (χ1v) is 8.20. The van der Waals surface area contributed by atoms with Crippen LogP contribution in [0, 0.1) is 5.41 Å². The van der Waals surface area contributed by atoms with Crippen LogP contribution in [0.25, 0.3) is 0 Å². The number of nitrogens with one attached hydrogen (secondary N) is 1. The smallest absolute Gasteiger partial charge is 0.241 e. The first kappa shape index (κ1) is 14.7. The fourth-order valence-corrected chi connectivity index (χ4v) is 4.68. The lowest BCUT2D eigenvalue weighted by Crippen LogP contribution is -2.45. The van der Waals surface area contributed by atoms with Crippen LogP contribution in [0.4, 0.5) is 0 Å². The maximum Gasteiger partial charge on any atom is 0.241 e. The highest BCUT2D eigenvalue weighted by atomic mass is 32.2. The molecule has 0 bridgehead atoms. The Labute approximate surface area is 115 Å². The lowest BCUT2D eigenvalue weighted by Gasteiger charge is -2.25. The molecular weight excluding hydrogens is 266 g/mol. The molecule has 1 amide bonds. The summed E-state index contributed by atoms with van der Waals surface area (Å²) in [6.07, 6.45) is 1.91. The lowest BCUT2D eigenvalue weighted by molar-refractivity contribution is -0.128. The topological polar surface area (TPSA) is 69.7 Å². The van der Waals surface area contributed by atoms with Gasteiger partial charge in [0.1, 0.15) is 0 Å². The van der Waals surface area contributed by atoms with Gasteiger partial charge in [-0.3, -0.25) is 4.79 Å². The maximum atomic E-state index is 12.5. The van der Waals surface area contributed by atoms with Crippen molar-refractivity contribution in [2.45, 2.75) is 25.0 Å². The van der Waals surface area contributed by atoms with Gasteiger partial charge < -0.3 is 10.2 Å². The monoisotopic (exact) mass is 289 g/mol. The van der Waals surface area contributed by atoms with E-state index in [4.69, 9.17) is 0 Å². The molecule has 2 atom stereocenters. The number of sulfonamides is 1. The van der Waals surface area contributed by atoms with Gasteiger partial charge in [-0.05, 0) is 31.7 Å². The normalized spacial score (nSPS) is 29.8. The van der Waals surface area contributed by atoms with Gasteiger partial charge in [0.2, 0.25) is 15.9 Å². The van der Waals surface area contributed by atoms with Crippen LogP contribution in [0.15, 0.2) is 0 Å². The van der Waals surface area contributed by atoms with E-state index in [1.807, 2.05) is 0 Å². The zero-order valence-electron chi connectivity index (χ0n) is 11.8. The Morgan fingerprint density at radius 2 is 2.05 bits per heavy atom. The van der Waals surface area contributed by atoms with Crippen LogP contribution in [-0.4, -0.2) is 69.1 Å². The SMILES string of the molecule is CC(C(=O)N(C)C)S(=O)(=O)N1CCC2(CCNC2)C1. The molecule has 19 heavy (non-hydrogen) atoms. The van der Waals surface area contributed by atoms with Crippen LogP contribution >= 0.6 is 0 Å². The first-order chi connectivity index (χ1) is 8.78. The largest absolute Gasteiger partial charge is 0.348 e. The van der Waals surface area contributed by atoms with E-state index in [1.165, 1.54) is 16.1 Å². The highest BCUT2D eigenvalue weighted by Gasteiger charge is 2.46. The van der Waals surface area contributed by atoms with Crippen LogP contribution in [0.2, 0.25) is 0 Å². The third-order valence-corrected chi connectivity index (χ3v) is 6.46. The molecular formula is C12H23N3O3S. The molecule has 2 aliphatic heterocycles. The number of nitrogens with zero attached hydrogens (tertiary/aromatic N) is 2. The number of carbonyl (C=O) groups excluding carboxylic acids is 1. The second kappa shape index (κ2) is 5.03. The third kappa shape index (κ3) is 2.64. The summed E-state index contributed by atoms with van der Waals surface area (Å²) >= 11 is 0. The van der Waals surface area contributed by atoms with Crippen LogP contribution in [0.5, 0.6) is 0 Å². The van der Waals surface area contributed by atoms with Crippen LogP contribution in [0.3, 0.4) is 0 Å². The highest BCUT2D eigenvalue weighted by Crippen LogP contribution is 2.37. The fourth-order valence-electron chi connectivity index (χ4n) is 2.97. The van der Waals surface area contributed by atoms with Crippen molar-refractivity contribution in [3.05, 3.63) is 0 Å². The van der Waals surface area contributed by atoms with Crippen molar-refractivity contribution in [2.75, 3.05) is 40.3 Å². The van der Waals surface area contributed by atoms with Gasteiger partial charge in [-0.2, -0.15) is 0 Å². The molecule has 2 heterocycles. The van der Waals surface area contributed by atoms with E-state index in [1.54, 1.807) is 14.1 Å². The summed E-state index contributed by atoms with van der Waals surface area (Å²) < 4.78 is 26.5. The molecule has 1 N–H and O–H groups in total. The standard InChI is InChI=1S/C12H23N3O3S/c1-10(11(16)14(2)3)19(17,18)15-7-5-12(9-15)4-6-13-8-12/h10,13H,4-9H2,1-3H3. The van der Waals surface area contributed by atoms with Crippen LogP contribution < -0.4 is 5.32 Å². The molecule has 0 aromatic rings. The average molecular weight is 289 g/mol. The summed E-state index contributed by atoms with van der Waals surface area (Å²) in [5, 5.41) is 2.31. The minimum atomic E-state index is -3.53. The molecule has 2 rings (SSSR count). The summed E-state index contributed by atoms with van der Waals surface area (Å²) in [6.45, 7) is 4.41. The molecule has 2 saturated heterocycles. The van der Waals surface area contributed by atoms with Gasteiger partial charge in [-0.15, -0.1) is 0 Å². The molecule has 2 unspecified atom stereocenters. The van der Waals surface area contributed by atoms with Gasteiger partial charge in [0.15, 0.2) is 5.25 Å². The second-order valence-electron chi connectivity index (χ2n) is 5.93. The predicted octanol–water partition coefficient (Wildman–Crippen LogP) is -0.522. The summed E-state index contributed by atoms with van der Waals surface area (Å²) in [5.41, 5.74) is 0.0912.